The van der Waals surface area contributed by atoms with E-state index in [4.69, 9.17) is 5.73 Å². The second-order valence-electron chi connectivity index (χ2n) is 5.00. The van der Waals surface area contributed by atoms with E-state index < -0.39 is 0 Å². The normalized spacial score (nSPS) is 26.2. The number of likely N-dealkylation sites (tertiary alicyclic amines) is 1. The van der Waals surface area contributed by atoms with Crippen molar-refractivity contribution in [2.75, 3.05) is 18.8 Å². The first kappa shape index (κ1) is 11.3. The maximum Gasteiger partial charge on any atom is 0.144 e. The van der Waals surface area contributed by atoms with Crippen molar-refractivity contribution < 1.29 is 0 Å². The number of aryl methyl sites for hydroxylation is 1. The van der Waals surface area contributed by atoms with Crippen molar-refractivity contribution in [3.8, 4) is 0 Å². The number of aromatic nitrogens is 2. The molecule has 1 aromatic rings. The molecular weight excluding hydrogens is 200 g/mol. The van der Waals surface area contributed by atoms with Crippen LogP contribution in [0.15, 0.2) is 6.07 Å². The fourth-order valence-electron chi connectivity index (χ4n) is 2.30. The van der Waals surface area contributed by atoms with E-state index in [2.05, 4.69) is 28.7 Å². The Kier molecular flexibility index (Phi) is 3.10. The van der Waals surface area contributed by atoms with Gasteiger partial charge >= 0.3 is 0 Å². The summed E-state index contributed by atoms with van der Waals surface area (Å²) in [7, 11) is 0. The van der Waals surface area contributed by atoms with Crippen LogP contribution in [0.3, 0.4) is 0 Å². The maximum atomic E-state index is 5.72. The maximum absolute atomic E-state index is 5.72. The number of hydrogen-bond donors (Lipinski definition) is 1. The Hall–Kier alpha value is -1.16. The molecule has 1 aromatic heterocycles. The van der Waals surface area contributed by atoms with Crippen molar-refractivity contribution >= 4 is 5.82 Å². The third-order valence-corrected chi connectivity index (χ3v) is 3.35. The first-order valence-electron chi connectivity index (χ1n) is 5.87. The van der Waals surface area contributed by atoms with E-state index in [1.54, 1.807) is 6.07 Å². The lowest BCUT2D eigenvalue weighted by molar-refractivity contribution is 0.308. The fourth-order valence-corrected chi connectivity index (χ4v) is 2.30. The lowest BCUT2D eigenvalue weighted by atomic mass is 10.0. The van der Waals surface area contributed by atoms with Gasteiger partial charge in [-0.3, -0.25) is 4.90 Å². The summed E-state index contributed by atoms with van der Waals surface area (Å²) < 4.78 is 0. The van der Waals surface area contributed by atoms with E-state index >= 15 is 0 Å². The number of anilines is 1. The number of rotatable bonds is 2. The van der Waals surface area contributed by atoms with Crippen LogP contribution < -0.4 is 5.73 Å². The minimum atomic E-state index is 0.572. The highest BCUT2D eigenvalue weighted by atomic mass is 15.2. The summed E-state index contributed by atoms with van der Waals surface area (Å²) >= 11 is 0. The van der Waals surface area contributed by atoms with Gasteiger partial charge in [0.1, 0.15) is 11.6 Å². The van der Waals surface area contributed by atoms with E-state index in [1.165, 1.54) is 0 Å². The lowest BCUT2D eigenvalue weighted by Crippen LogP contribution is -2.22. The average Bonchev–Trinajstić information content (AvgIpc) is 2.43. The minimum absolute atomic E-state index is 0.572. The van der Waals surface area contributed by atoms with Crippen molar-refractivity contribution in [2.45, 2.75) is 27.3 Å². The number of nitrogens with two attached hydrogens (primary N) is 1. The molecule has 1 saturated heterocycles. The quantitative estimate of drug-likeness (QED) is 0.819. The Morgan fingerprint density at radius 1 is 1.31 bits per heavy atom. The summed E-state index contributed by atoms with van der Waals surface area (Å²) in [5, 5.41) is 0. The van der Waals surface area contributed by atoms with Gasteiger partial charge in [-0.25, -0.2) is 9.97 Å². The van der Waals surface area contributed by atoms with Gasteiger partial charge in [0.05, 0.1) is 6.54 Å². The van der Waals surface area contributed by atoms with E-state index in [0.29, 0.717) is 5.82 Å². The monoisotopic (exact) mass is 220 g/mol. The molecule has 2 unspecified atom stereocenters. The van der Waals surface area contributed by atoms with Gasteiger partial charge in [-0.05, 0) is 18.8 Å². The highest BCUT2D eigenvalue weighted by molar-refractivity contribution is 5.29. The molecular formula is C12H20N4. The van der Waals surface area contributed by atoms with Gasteiger partial charge in [0.15, 0.2) is 0 Å². The molecule has 0 saturated carbocycles. The zero-order valence-corrected chi connectivity index (χ0v) is 10.3. The Labute approximate surface area is 96.9 Å². The molecule has 0 aromatic carbocycles. The predicted molar refractivity (Wildman–Crippen MR) is 64.8 cm³/mol. The number of hydrogen-bond acceptors (Lipinski definition) is 4. The van der Waals surface area contributed by atoms with Crippen LogP contribution in [0.25, 0.3) is 0 Å². The average molecular weight is 220 g/mol. The minimum Gasteiger partial charge on any atom is -0.384 e. The van der Waals surface area contributed by atoms with Crippen LogP contribution in [0.2, 0.25) is 0 Å². The highest BCUT2D eigenvalue weighted by Crippen LogP contribution is 2.23. The third-order valence-electron chi connectivity index (χ3n) is 3.35. The summed E-state index contributed by atoms with van der Waals surface area (Å²) in [5.41, 5.74) is 6.67. The van der Waals surface area contributed by atoms with Crippen LogP contribution in [0.1, 0.15) is 25.4 Å². The molecule has 2 N–H and O–H groups in total. The van der Waals surface area contributed by atoms with Crippen LogP contribution in [-0.4, -0.2) is 28.0 Å². The Morgan fingerprint density at radius 3 is 2.50 bits per heavy atom. The van der Waals surface area contributed by atoms with Crippen LogP contribution in [0, 0.1) is 18.8 Å². The fraction of sp³-hybridized carbons (Fsp3) is 0.667. The number of nitrogen functional groups attached to an aromatic ring is 1. The Balaban J connectivity index is 2.04. The molecule has 2 heterocycles. The molecule has 1 aliphatic heterocycles. The third kappa shape index (κ3) is 2.50. The van der Waals surface area contributed by atoms with Gasteiger partial charge in [0, 0.05) is 24.8 Å². The molecule has 4 nitrogen and oxygen atoms in total. The van der Waals surface area contributed by atoms with Crippen molar-refractivity contribution in [3.05, 3.63) is 17.6 Å². The van der Waals surface area contributed by atoms with E-state index in [0.717, 1.165) is 43.0 Å². The smallest absolute Gasteiger partial charge is 0.144 e. The zero-order valence-electron chi connectivity index (χ0n) is 10.3. The summed E-state index contributed by atoms with van der Waals surface area (Å²) in [6.07, 6.45) is 0. The first-order valence-corrected chi connectivity index (χ1v) is 5.87. The summed E-state index contributed by atoms with van der Waals surface area (Å²) in [4.78, 5) is 11.1. The second-order valence-corrected chi connectivity index (χ2v) is 5.00. The molecule has 16 heavy (non-hydrogen) atoms. The summed E-state index contributed by atoms with van der Waals surface area (Å²) in [6.45, 7) is 9.65. The van der Waals surface area contributed by atoms with Crippen LogP contribution in [0.5, 0.6) is 0 Å². The molecule has 0 amide bonds. The van der Waals surface area contributed by atoms with Gasteiger partial charge in [-0.1, -0.05) is 13.8 Å². The molecule has 0 aliphatic carbocycles. The summed E-state index contributed by atoms with van der Waals surface area (Å²) in [5.74, 6) is 2.95. The molecule has 1 aliphatic rings. The van der Waals surface area contributed by atoms with Crippen LogP contribution >= 0.6 is 0 Å². The van der Waals surface area contributed by atoms with Gasteiger partial charge in [-0.15, -0.1) is 0 Å². The molecule has 0 radical (unpaired) electrons. The molecule has 2 rings (SSSR count). The second kappa shape index (κ2) is 4.37. The molecule has 88 valence electrons. The Morgan fingerprint density at radius 2 is 1.94 bits per heavy atom. The van der Waals surface area contributed by atoms with Gasteiger partial charge < -0.3 is 5.73 Å². The Bertz CT molecular complexity index is 347. The number of nitrogens with zero attached hydrogens (tertiary/aromatic N) is 3. The topological polar surface area (TPSA) is 55.0 Å². The lowest BCUT2D eigenvalue weighted by Gasteiger charge is -2.14. The van der Waals surface area contributed by atoms with E-state index in [-0.39, 0.29) is 0 Å². The SMILES string of the molecule is Cc1cc(N)nc(CN2CC(C)C(C)C2)n1. The van der Waals surface area contributed by atoms with Crippen LogP contribution in [0.4, 0.5) is 5.82 Å². The molecule has 0 spiro atoms. The largest absolute Gasteiger partial charge is 0.384 e. The molecule has 0 bridgehead atoms. The molecule has 4 heteroatoms. The van der Waals surface area contributed by atoms with Gasteiger partial charge in [0.25, 0.3) is 0 Å². The zero-order chi connectivity index (χ0) is 11.7. The van der Waals surface area contributed by atoms with E-state index in [9.17, 15) is 0 Å². The van der Waals surface area contributed by atoms with Crippen molar-refractivity contribution in [1.82, 2.24) is 14.9 Å². The summed E-state index contributed by atoms with van der Waals surface area (Å²) in [6, 6.07) is 1.80. The predicted octanol–water partition coefficient (Wildman–Crippen LogP) is 1.46. The molecule has 1 fully saturated rings. The van der Waals surface area contributed by atoms with Crippen molar-refractivity contribution in [1.29, 1.82) is 0 Å². The van der Waals surface area contributed by atoms with E-state index in [1.807, 2.05) is 6.92 Å². The standard InChI is InChI=1S/C12H20N4/c1-8-5-16(6-9(8)2)7-12-14-10(3)4-11(13)15-12/h4,8-9H,5-7H2,1-3H3,(H2,13,14,15). The first-order chi connectivity index (χ1) is 7.54. The van der Waals surface area contributed by atoms with Gasteiger partial charge in [-0.2, -0.15) is 0 Å². The van der Waals surface area contributed by atoms with Crippen molar-refractivity contribution in [3.63, 3.8) is 0 Å². The van der Waals surface area contributed by atoms with Crippen LogP contribution in [-0.2, 0) is 6.54 Å². The van der Waals surface area contributed by atoms with Crippen molar-refractivity contribution in [2.24, 2.45) is 11.8 Å². The highest BCUT2D eigenvalue weighted by Gasteiger charge is 2.26. The molecule has 2 atom stereocenters. The van der Waals surface area contributed by atoms with Gasteiger partial charge in [0.2, 0.25) is 0 Å².